The Morgan fingerprint density at radius 2 is 1.50 bits per heavy atom. The van der Waals surface area contributed by atoms with Crippen molar-refractivity contribution in [2.24, 2.45) is 5.92 Å². The van der Waals surface area contributed by atoms with Gasteiger partial charge >= 0.3 is 0 Å². The molecule has 0 spiro atoms. The minimum Gasteiger partial charge on any atom is -0.508 e. The van der Waals surface area contributed by atoms with Gasteiger partial charge in [-0.1, -0.05) is 61.5 Å². The van der Waals surface area contributed by atoms with Crippen LogP contribution in [0.5, 0.6) is 5.75 Å². The quantitative estimate of drug-likeness (QED) is 0.764. The zero-order valence-electron chi connectivity index (χ0n) is 14.6. The maximum Gasteiger partial charge on any atom is 0.119 e. The summed E-state index contributed by atoms with van der Waals surface area (Å²) in [5, 5.41) is 10.4. The van der Waals surface area contributed by atoms with Crippen LogP contribution in [0.2, 0.25) is 0 Å². The van der Waals surface area contributed by atoms with Gasteiger partial charge in [0.1, 0.15) is 5.75 Å². The Morgan fingerprint density at radius 1 is 0.950 bits per heavy atom. The Labute approximate surface area is 125 Å². The summed E-state index contributed by atoms with van der Waals surface area (Å²) >= 11 is 0. The monoisotopic (exact) mass is 276 g/mol. The number of aromatic hydroxyl groups is 1. The van der Waals surface area contributed by atoms with Crippen LogP contribution in [0.25, 0.3) is 0 Å². The summed E-state index contributed by atoms with van der Waals surface area (Å²) in [5.74, 6) is 1.11. The smallest absolute Gasteiger partial charge is 0.119 e. The van der Waals surface area contributed by atoms with E-state index >= 15 is 0 Å². The Morgan fingerprint density at radius 3 is 1.90 bits per heavy atom. The van der Waals surface area contributed by atoms with Gasteiger partial charge in [0.05, 0.1) is 0 Å². The van der Waals surface area contributed by atoms with Crippen LogP contribution in [0.1, 0.15) is 78.5 Å². The molecule has 0 unspecified atom stereocenters. The van der Waals surface area contributed by atoms with Crippen molar-refractivity contribution in [3.05, 3.63) is 28.8 Å². The van der Waals surface area contributed by atoms with Crippen molar-refractivity contribution >= 4 is 0 Å². The van der Waals surface area contributed by atoms with Crippen molar-refractivity contribution in [2.45, 2.75) is 79.1 Å². The van der Waals surface area contributed by atoms with Gasteiger partial charge in [-0.25, -0.2) is 0 Å². The zero-order chi connectivity index (χ0) is 15.7. The molecule has 0 aromatic heterocycles. The van der Waals surface area contributed by atoms with Crippen molar-refractivity contribution in [1.29, 1.82) is 0 Å². The first-order valence-electron chi connectivity index (χ1n) is 7.80. The second kappa shape index (κ2) is 5.79. The summed E-state index contributed by atoms with van der Waals surface area (Å²) in [5.41, 5.74) is 4.00. The number of phenols is 1. The van der Waals surface area contributed by atoms with Crippen molar-refractivity contribution in [1.82, 2.24) is 0 Å². The van der Waals surface area contributed by atoms with Crippen molar-refractivity contribution in [3.8, 4) is 5.75 Å². The molecule has 0 saturated heterocycles. The molecule has 114 valence electrons. The molecule has 0 fully saturated rings. The first-order chi connectivity index (χ1) is 8.94. The lowest BCUT2D eigenvalue weighted by atomic mass is 9.72. The lowest BCUT2D eigenvalue weighted by molar-refractivity contribution is 0.450. The van der Waals surface area contributed by atoms with Crippen LogP contribution in [0, 0.1) is 5.92 Å². The molecule has 0 amide bonds. The number of phenolic OH excluding ortho intramolecular Hbond substituents is 1. The Balaban J connectivity index is 3.47. The predicted molar refractivity (Wildman–Crippen MR) is 88.7 cm³/mol. The number of hydrogen-bond donors (Lipinski definition) is 1. The molecule has 20 heavy (non-hydrogen) atoms. The molecule has 0 saturated carbocycles. The summed E-state index contributed by atoms with van der Waals surface area (Å²) in [4.78, 5) is 0. The predicted octanol–water partition coefficient (Wildman–Crippen LogP) is 5.58. The van der Waals surface area contributed by atoms with Gasteiger partial charge in [0.2, 0.25) is 0 Å². The molecule has 1 heteroatoms. The minimum atomic E-state index is 0.0493. The van der Waals surface area contributed by atoms with E-state index in [0.29, 0.717) is 11.7 Å². The lowest BCUT2D eigenvalue weighted by Crippen LogP contribution is -2.24. The van der Waals surface area contributed by atoms with Crippen LogP contribution in [0.4, 0.5) is 0 Å². The Kier molecular flexibility index (Phi) is 4.94. The maximum atomic E-state index is 10.4. The fourth-order valence-corrected chi connectivity index (χ4v) is 2.80. The van der Waals surface area contributed by atoms with E-state index in [1.54, 1.807) is 0 Å². The van der Waals surface area contributed by atoms with Gasteiger partial charge < -0.3 is 5.11 Å². The summed E-state index contributed by atoms with van der Waals surface area (Å²) in [6, 6.07) is 3.99. The lowest BCUT2D eigenvalue weighted by Gasteiger charge is -2.33. The van der Waals surface area contributed by atoms with E-state index < -0.39 is 0 Å². The number of hydrogen-bond acceptors (Lipinski definition) is 1. The van der Waals surface area contributed by atoms with E-state index in [4.69, 9.17) is 0 Å². The van der Waals surface area contributed by atoms with Crippen LogP contribution in [-0.2, 0) is 17.3 Å². The fourth-order valence-electron chi connectivity index (χ4n) is 2.80. The van der Waals surface area contributed by atoms with Crippen LogP contribution < -0.4 is 0 Å². The first-order valence-corrected chi connectivity index (χ1v) is 7.80. The standard InChI is InChI=1S/C19H32O/c1-13(2)9-10-14-16(20)12-11-15(18(3,4)5)17(14)19(6,7)8/h11-13,20H,9-10H2,1-8H3. The molecule has 1 aromatic carbocycles. The van der Waals surface area contributed by atoms with Crippen LogP contribution >= 0.6 is 0 Å². The molecule has 0 heterocycles. The molecule has 1 aromatic rings. The van der Waals surface area contributed by atoms with E-state index in [9.17, 15) is 5.11 Å². The average molecular weight is 276 g/mol. The molecule has 0 bridgehead atoms. The zero-order valence-corrected chi connectivity index (χ0v) is 14.6. The van der Waals surface area contributed by atoms with Gasteiger partial charge in [-0.3, -0.25) is 0 Å². The molecule has 1 nitrogen and oxygen atoms in total. The van der Waals surface area contributed by atoms with E-state index in [1.165, 1.54) is 11.1 Å². The fraction of sp³-hybridized carbons (Fsp3) is 0.684. The third kappa shape index (κ3) is 4.01. The third-order valence-electron chi connectivity index (χ3n) is 3.82. The molecule has 0 aliphatic rings. The largest absolute Gasteiger partial charge is 0.508 e. The highest BCUT2D eigenvalue weighted by Gasteiger charge is 2.29. The van der Waals surface area contributed by atoms with Crippen molar-refractivity contribution < 1.29 is 5.11 Å². The molecule has 0 aliphatic carbocycles. The third-order valence-corrected chi connectivity index (χ3v) is 3.82. The van der Waals surface area contributed by atoms with E-state index in [-0.39, 0.29) is 10.8 Å². The highest BCUT2D eigenvalue weighted by molar-refractivity contribution is 5.50. The molecule has 1 rings (SSSR count). The topological polar surface area (TPSA) is 20.2 Å². The van der Waals surface area contributed by atoms with Crippen LogP contribution in [0.3, 0.4) is 0 Å². The second-order valence-electron chi connectivity index (χ2n) is 8.42. The van der Waals surface area contributed by atoms with Crippen LogP contribution in [-0.4, -0.2) is 5.11 Å². The minimum absolute atomic E-state index is 0.0493. The van der Waals surface area contributed by atoms with Crippen molar-refractivity contribution in [3.63, 3.8) is 0 Å². The normalized spacial score (nSPS) is 13.1. The van der Waals surface area contributed by atoms with Gasteiger partial charge in [0.15, 0.2) is 0 Å². The average Bonchev–Trinajstić information content (AvgIpc) is 2.23. The summed E-state index contributed by atoms with van der Waals surface area (Å²) < 4.78 is 0. The van der Waals surface area contributed by atoms with Gasteiger partial charge in [-0.15, -0.1) is 0 Å². The summed E-state index contributed by atoms with van der Waals surface area (Å²) in [7, 11) is 0. The SMILES string of the molecule is CC(C)CCc1c(O)ccc(C(C)(C)C)c1C(C)(C)C. The maximum absolute atomic E-state index is 10.4. The summed E-state index contributed by atoms with van der Waals surface area (Å²) in [6.45, 7) is 18.0. The van der Waals surface area contributed by atoms with Crippen molar-refractivity contribution in [2.75, 3.05) is 0 Å². The summed E-state index contributed by atoms with van der Waals surface area (Å²) in [6.07, 6.45) is 2.07. The highest BCUT2D eigenvalue weighted by Crippen LogP contribution is 2.40. The molecule has 0 aliphatic heterocycles. The van der Waals surface area contributed by atoms with E-state index in [1.807, 2.05) is 6.07 Å². The van der Waals surface area contributed by atoms with Gasteiger partial charge in [-0.05, 0) is 52.3 Å². The highest BCUT2D eigenvalue weighted by atomic mass is 16.3. The van der Waals surface area contributed by atoms with Gasteiger partial charge in [-0.2, -0.15) is 0 Å². The Bertz CT molecular complexity index is 456. The van der Waals surface area contributed by atoms with E-state index in [2.05, 4.69) is 61.5 Å². The second-order valence-corrected chi connectivity index (χ2v) is 8.42. The van der Waals surface area contributed by atoms with Gasteiger partial charge in [0, 0.05) is 0 Å². The number of benzene rings is 1. The van der Waals surface area contributed by atoms with Crippen LogP contribution in [0.15, 0.2) is 12.1 Å². The van der Waals surface area contributed by atoms with E-state index in [0.717, 1.165) is 18.4 Å². The molecule has 0 radical (unpaired) electrons. The molecular weight excluding hydrogens is 244 g/mol. The first kappa shape index (κ1) is 17.1. The van der Waals surface area contributed by atoms with Gasteiger partial charge in [0.25, 0.3) is 0 Å². The molecule has 0 atom stereocenters. The molecule has 1 N–H and O–H groups in total. The molecular formula is C19H32O. The Hall–Kier alpha value is -0.980. The number of rotatable bonds is 3.